The van der Waals surface area contributed by atoms with Gasteiger partial charge >= 0.3 is 0 Å². The Morgan fingerprint density at radius 2 is 2.19 bits per heavy atom. The van der Waals surface area contributed by atoms with Crippen LogP contribution in [-0.4, -0.2) is 26.9 Å². The number of nitrogens with zero attached hydrogens (tertiary/aromatic N) is 2. The van der Waals surface area contributed by atoms with Crippen LogP contribution in [0.4, 0.5) is 0 Å². The second kappa shape index (κ2) is 5.46. The lowest BCUT2D eigenvalue weighted by atomic mass is 9.95. The van der Waals surface area contributed by atoms with Gasteiger partial charge in [-0.15, -0.1) is 0 Å². The van der Waals surface area contributed by atoms with E-state index in [4.69, 9.17) is 4.74 Å². The molecule has 0 unspecified atom stereocenters. The number of aryl methyl sites for hydroxylation is 1. The number of hydrogen-bond acceptors (Lipinski definition) is 3. The highest BCUT2D eigenvalue weighted by atomic mass is 16.5. The van der Waals surface area contributed by atoms with Gasteiger partial charge in [0.25, 0.3) is 0 Å². The maximum Gasteiger partial charge on any atom is 0.0948 e. The average molecular weight is 224 g/mol. The molecule has 0 radical (unpaired) electrons. The lowest BCUT2D eigenvalue weighted by molar-refractivity contribution is -0.0138. The first-order valence-corrected chi connectivity index (χ1v) is 6.08. The second-order valence-electron chi connectivity index (χ2n) is 4.41. The predicted octanol–water partition coefficient (Wildman–Crippen LogP) is 1.72. The van der Waals surface area contributed by atoms with Crippen LogP contribution in [0.2, 0.25) is 0 Å². The number of aromatic nitrogens is 2. The van der Waals surface area contributed by atoms with Crippen LogP contribution < -0.4 is 0 Å². The Hall–Kier alpha value is -0.870. The van der Waals surface area contributed by atoms with Crippen molar-refractivity contribution in [3.63, 3.8) is 0 Å². The monoisotopic (exact) mass is 224 g/mol. The van der Waals surface area contributed by atoms with E-state index in [0.717, 1.165) is 37.9 Å². The number of rotatable bonds is 4. The van der Waals surface area contributed by atoms with Crippen LogP contribution in [0.15, 0.2) is 12.5 Å². The molecule has 0 aromatic carbocycles. The summed E-state index contributed by atoms with van der Waals surface area (Å²) in [6, 6.07) is 0. The van der Waals surface area contributed by atoms with Gasteiger partial charge in [0.2, 0.25) is 0 Å². The van der Waals surface area contributed by atoms with Crippen LogP contribution in [0, 0.1) is 0 Å². The van der Waals surface area contributed by atoms with Gasteiger partial charge in [0.05, 0.1) is 37.0 Å². The van der Waals surface area contributed by atoms with E-state index in [1.54, 1.807) is 0 Å². The fraction of sp³-hybridized carbons (Fsp3) is 0.750. The molecule has 2 rings (SSSR count). The molecule has 0 amide bonds. The minimum absolute atomic E-state index is 0.110. The Kier molecular flexibility index (Phi) is 3.96. The largest absolute Gasteiger partial charge is 0.393 e. The quantitative estimate of drug-likeness (QED) is 0.847. The van der Waals surface area contributed by atoms with Crippen LogP contribution in [0.25, 0.3) is 0 Å². The Morgan fingerprint density at radius 3 is 2.88 bits per heavy atom. The molecule has 1 saturated carbocycles. The predicted molar refractivity (Wildman–Crippen MR) is 61.0 cm³/mol. The van der Waals surface area contributed by atoms with E-state index >= 15 is 0 Å². The smallest absolute Gasteiger partial charge is 0.0948 e. The Bertz CT molecular complexity index is 317. The molecule has 0 spiro atoms. The first-order chi connectivity index (χ1) is 7.79. The molecule has 1 aromatic rings. The van der Waals surface area contributed by atoms with Gasteiger partial charge in [0.1, 0.15) is 0 Å². The highest BCUT2D eigenvalue weighted by Crippen LogP contribution is 2.21. The molecule has 4 heteroatoms. The third kappa shape index (κ3) is 2.83. The summed E-state index contributed by atoms with van der Waals surface area (Å²) in [7, 11) is 0. The molecule has 0 aliphatic heterocycles. The molecule has 0 saturated heterocycles. The lowest BCUT2D eigenvalue weighted by Crippen LogP contribution is -2.24. The highest BCUT2D eigenvalue weighted by molar-refractivity contribution is 4.96. The molecule has 0 atom stereocenters. The van der Waals surface area contributed by atoms with Gasteiger partial charge in [-0.25, -0.2) is 4.98 Å². The number of aliphatic hydroxyl groups excluding tert-OH is 1. The number of hydrogen-bond donors (Lipinski definition) is 1. The maximum absolute atomic E-state index is 9.39. The van der Waals surface area contributed by atoms with Crippen LogP contribution >= 0.6 is 0 Å². The molecule has 4 nitrogen and oxygen atoms in total. The number of imidazole rings is 1. The van der Waals surface area contributed by atoms with Crippen molar-refractivity contribution in [3.05, 3.63) is 18.2 Å². The van der Waals surface area contributed by atoms with Crippen molar-refractivity contribution in [2.24, 2.45) is 0 Å². The minimum atomic E-state index is -0.110. The van der Waals surface area contributed by atoms with E-state index in [1.807, 2.05) is 12.5 Å². The summed E-state index contributed by atoms with van der Waals surface area (Å²) in [6.07, 6.45) is 7.59. The van der Waals surface area contributed by atoms with Gasteiger partial charge in [0, 0.05) is 6.54 Å². The number of aliphatic hydroxyl groups is 1. The van der Waals surface area contributed by atoms with Crippen LogP contribution in [0.5, 0.6) is 0 Å². The van der Waals surface area contributed by atoms with Gasteiger partial charge in [-0.1, -0.05) is 0 Å². The Labute approximate surface area is 96.3 Å². The van der Waals surface area contributed by atoms with E-state index in [1.165, 1.54) is 0 Å². The third-order valence-electron chi connectivity index (χ3n) is 3.25. The first-order valence-electron chi connectivity index (χ1n) is 6.08. The van der Waals surface area contributed by atoms with Crippen LogP contribution in [-0.2, 0) is 17.9 Å². The number of ether oxygens (including phenoxy) is 1. The molecule has 0 bridgehead atoms. The van der Waals surface area contributed by atoms with Crippen molar-refractivity contribution >= 4 is 0 Å². The normalized spacial score (nSPS) is 25.9. The molecule has 90 valence electrons. The van der Waals surface area contributed by atoms with E-state index in [2.05, 4.69) is 16.5 Å². The van der Waals surface area contributed by atoms with Crippen molar-refractivity contribution in [1.82, 2.24) is 9.55 Å². The van der Waals surface area contributed by atoms with Crippen molar-refractivity contribution in [2.75, 3.05) is 0 Å². The summed E-state index contributed by atoms with van der Waals surface area (Å²) < 4.78 is 7.94. The lowest BCUT2D eigenvalue weighted by Gasteiger charge is -2.25. The minimum Gasteiger partial charge on any atom is -0.393 e. The SMILES string of the molecule is CCn1cncc1COC1CCC(O)CC1. The fourth-order valence-corrected chi connectivity index (χ4v) is 2.17. The molecule has 1 aliphatic carbocycles. The van der Waals surface area contributed by atoms with Crippen molar-refractivity contribution < 1.29 is 9.84 Å². The molecule has 1 fully saturated rings. The Morgan fingerprint density at radius 1 is 1.44 bits per heavy atom. The summed E-state index contributed by atoms with van der Waals surface area (Å²) >= 11 is 0. The zero-order chi connectivity index (χ0) is 11.4. The molecular formula is C12H20N2O2. The van der Waals surface area contributed by atoms with Gasteiger partial charge in [-0.2, -0.15) is 0 Å². The van der Waals surface area contributed by atoms with Gasteiger partial charge < -0.3 is 14.4 Å². The average Bonchev–Trinajstić information content (AvgIpc) is 2.76. The van der Waals surface area contributed by atoms with E-state index in [0.29, 0.717) is 12.7 Å². The van der Waals surface area contributed by atoms with E-state index in [9.17, 15) is 5.11 Å². The summed E-state index contributed by atoms with van der Waals surface area (Å²) in [5.74, 6) is 0. The highest BCUT2D eigenvalue weighted by Gasteiger charge is 2.19. The molecular weight excluding hydrogens is 204 g/mol. The van der Waals surface area contributed by atoms with Crippen molar-refractivity contribution in [3.8, 4) is 0 Å². The van der Waals surface area contributed by atoms with Gasteiger partial charge in [-0.05, 0) is 32.6 Å². The van der Waals surface area contributed by atoms with Crippen molar-refractivity contribution in [1.29, 1.82) is 0 Å². The van der Waals surface area contributed by atoms with Crippen molar-refractivity contribution in [2.45, 2.75) is 58.0 Å². The maximum atomic E-state index is 9.39. The third-order valence-corrected chi connectivity index (χ3v) is 3.25. The topological polar surface area (TPSA) is 47.3 Å². The standard InChI is InChI=1S/C12H20N2O2/c1-2-14-9-13-7-10(14)8-16-12-5-3-11(15)4-6-12/h7,9,11-12,15H,2-6,8H2,1H3. The zero-order valence-electron chi connectivity index (χ0n) is 9.80. The molecule has 1 N–H and O–H groups in total. The van der Waals surface area contributed by atoms with Gasteiger partial charge in [0.15, 0.2) is 0 Å². The van der Waals surface area contributed by atoms with E-state index < -0.39 is 0 Å². The van der Waals surface area contributed by atoms with Crippen LogP contribution in [0.1, 0.15) is 38.3 Å². The van der Waals surface area contributed by atoms with E-state index in [-0.39, 0.29) is 6.10 Å². The van der Waals surface area contributed by atoms with Crippen LogP contribution in [0.3, 0.4) is 0 Å². The Balaban J connectivity index is 1.79. The molecule has 1 aromatic heterocycles. The molecule has 16 heavy (non-hydrogen) atoms. The molecule has 1 aliphatic rings. The fourth-order valence-electron chi connectivity index (χ4n) is 2.17. The molecule has 1 heterocycles. The van der Waals surface area contributed by atoms with Gasteiger partial charge in [-0.3, -0.25) is 0 Å². The summed E-state index contributed by atoms with van der Waals surface area (Å²) in [5, 5.41) is 9.39. The summed E-state index contributed by atoms with van der Waals surface area (Å²) in [4.78, 5) is 4.11. The summed E-state index contributed by atoms with van der Waals surface area (Å²) in [5.41, 5.74) is 1.13. The zero-order valence-corrected chi connectivity index (χ0v) is 9.80. The second-order valence-corrected chi connectivity index (χ2v) is 4.41. The first kappa shape index (κ1) is 11.6. The summed E-state index contributed by atoms with van der Waals surface area (Å²) in [6.45, 7) is 3.67.